The van der Waals surface area contributed by atoms with Crippen LogP contribution >= 0.6 is 0 Å². The maximum absolute atomic E-state index is 13.4. The van der Waals surface area contributed by atoms with Gasteiger partial charge in [0.1, 0.15) is 5.82 Å². The van der Waals surface area contributed by atoms with Crippen LogP contribution in [-0.2, 0) is 16.0 Å². The predicted octanol–water partition coefficient (Wildman–Crippen LogP) is 1.74. The molecule has 0 unspecified atom stereocenters. The Morgan fingerprint density at radius 3 is 2.60 bits per heavy atom. The van der Waals surface area contributed by atoms with Crippen molar-refractivity contribution in [2.24, 2.45) is 0 Å². The van der Waals surface area contributed by atoms with E-state index in [1.54, 1.807) is 18.2 Å². The third-order valence-corrected chi connectivity index (χ3v) is 2.95. The second kappa shape index (κ2) is 8.30. The Labute approximate surface area is 119 Å². The van der Waals surface area contributed by atoms with Crippen LogP contribution in [0.4, 0.5) is 4.39 Å². The predicted molar refractivity (Wildman–Crippen MR) is 75.7 cm³/mol. The average molecular weight is 280 g/mol. The summed E-state index contributed by atoms with van der Waals surface area (Å²) in [6, 6.07) is 6.49. The molecular weight excluding hydrogens is 259 g/mol. The third kappa shape index (κ3) is 5.38. The molecule has 1 rings (SSSR count). The summed E-state index contributed by atoms with van der Waals surface area (Å²) in [6.07, 6.45) is 1.24. The first-order valence-corrected chi connectivity index (χ1v) is 6.80. The van der Waals surface area contributed by atoms with Gasteiger partial charge in [-0.05, 0) is 24.5 Å². The van der Waals surface area contributed by atoms with Gasteiger partial charge in [-0.1, -0.05) is 25.1 Å². The van der Waals surface area contributed by atoms with Gasteiger partial charge in [-0.25, -0.2) is 4.39 Å². The Bertz CT molecular complexity index is 463. The van der Waals surface area contributed by atoms with E-state index in [1.807, 2.05) is 6.92 Å². The van der Waals surface area contributed by atoms with Crippen LogP contribution in [0.2, 0.25) is 0 Å². The van der Waals surface area contributed by atoms with Gasteiger partial charge < -0.3 is 10.2 Å². The minimum atomic E-state index is -0.266. The lowest BCUT2D eigenvalue weighted by Crippen LogP contribution is -2.40. The van der Waals surface area contributed by atoms with Crippen molar-refractivity contribution in [2.45, 2.75) is 26.7 Å². The lowest BCUT2D eigenvalue weighted by molar-refractivity contribution is -0.134. The van der Waals surface area contributed by atoms with Crippen LogP contribution in [0.15, 0.2) is 24.3 Å². The summed E-state index contributed by atoms with van der Waals surface area (Å²) >= 11 is 0. The van der Waals surface area contributed by atoms with Crippen LogP contribution in [0.1, 0.15) is 25.8 Å². The normalized spacial score (nSPS) is 10.2. The molecule has 0 saturated heterocycles. The van der Waals surface area contributed by atoms with Gasteiger partial charge >= 0.3 is 0 Å². The number of halogens is 1. The molecule has 0 atom stereocenters. The highest BCUT2D eigenvalue weighted by Crippen LogP contribution is 2.06. The Morgan fingerprint density at radius 1 is 1.30 bits per heavy atom. The molecule has 0 aromatic heterocycles. The van der Waals surface area contributed by atoms with Gasteiger partial charge in [0.05, 0.1) is 6.54 Å². The van der Waals surface area contributed by atoms with Gasteiger partial charge in [0.25, 0.3) is 0 Å². The summed E-state index contributed by atoms with van der Waals surface area (Å²) in [5.41, 5.74) is 0.574. The van der Waals surface area contributed by atoms with Crippen LogP contribution in [0.25, 0.3) is 0 Å². The van der Waals surface area contributed by atoms with E-state index in [-0.39, 0.29) is 24.2 Å². The molecule has 5 heteroatoms. The summed E-state index contributed by atoms with van der Waals surface area (Å²) in [7, 11) is 0. The molecule has 0 saturated carbocycles. The van der Waals surface area contributed by atoms with Crippen molar-refractivity contribution in [2.75, 3.05) is 19.6 Å². The first-order chi connectivity index (χ1) is 9.54. The number of amides is 2. The maximum atomic E-state index is 13.4. The number of carbonyl (C=O) groups excluding carboxylic acids is 2. The highest BCUT2D eigenvalue weighted by atomic mass is 19.1. The molecule has 4 nitrogen and oxygen atoms in total. The Balaban J connectivity index is 2.36. The van der Waals surface area contributed by atoms with Crippen molar-refractivity contribution >= 4 is 11.8 Å². The molecule has 2 amide bonds. The topological polar surface area (TPSA) is 49.4 Å². The molecule has 1 aromatic carbocycles. The molecule has 0 spiro atoms. The van der Waals surface area contributed by atoms with Crippen molar-refractivity contribution < 1.29 is 14.0 Å². The number of hydrogen-bond donors (Lipinski definition) is 1. The third-order valence-electron chi connectivity index (χ3n) is 2.95. The fourth-order valence-electron chi connectivity index (χ4n) is 1.88. The van der Waals surface area contributed by atoms with Crippen LogP contribution in [0.5, 0.6) is 0 Å². The van der Waals surface area contributed by atoms with E-state index in [1.165, 1.54) is 17.9 Å². The highest BCUT2D eigenvalue weighted by molar-refractivity contribution is 5.83. The van der Waals surface area contributed by atoms with E-state index in [2.05, 4.69) is 5.32 Å². The second-order valence-electron chi connectivity index (χ2n) is 4.63. The second-order valence-corrected chi connectivity index (χ2v) is 4.63. The molecule has 0 heterocycles. The van der Waals surface area contributed by atoms with E-state index in [0.717, 1.165) is 6.42 Å². The van der Waals surface area contributed by atoms with Crippen LogP contribution in [0, 0.1) is 5.82 Å². The molecular formula is C15H21FN2O2. The Morgan fingerprint density at radius 2 is 2.00 bits per heavy atom. The largest absolute Gasteiger partial charge is 0.354 e. The standard InChI is InChI=1S/C15H21FN2O2/c1-3-10-18(12(2)19)11-15(20)17-9-8-13-6-4-5-7-14(13)16/h4-7H,3,8-11H2,1-2H3,(H,17,20). The smallest absolute Gasteiger partial charge is 0.239 e. The molecule has 0 fully saturated rings. The number of carbonyl (C=O) groups is 2. The SMILES string of the molecule is CCCN(CC(=O)NCCc1ccccc1F)C(C)=O. The number of nitrogens with zero attached hydrogens (tertiary/aromatic N) is 1. The quantitative estimate of drug-likeness (QED) is 0.827. The fourth-order valence-corrected chi connectivity index (χ4v) is 1.88. The highest BCUT2D eigenvalue weighted by Gasteiger charge is 2.12. The molecule has 1 N–H and O–H groups in total. The van der Waals surface area contributed by atoms with Crippen LogP contribution in [0.3, 0.4) is 0 Å². The van der Waals surface area contributed by atoms with Gasteiger partial charge in [0.2, 0.25) is 11.8 Å². The molecule has 20 heavy (non-hydrogen) atoms. The summed E-state index contributed by atoms with van der Waals surface area (Å²) in [5, 5.41) is 2.70. The first kappa shape index (κ1) is 16.1. The summed E-state index contributed by atoms with van der Waals surface area (Å²) in [6.45, 7) is 4.38. The fraction of sp³-hybridized carbons (Fsp3) is 0.467. The van der Waals surface area contributed by atoms with Crippen LogP contribution in [-0.4, -0.2) is 36.3 Å². The number of nitrogens with one attached hydrogen (secondary N) is 1. The number of benzene rings is 1. The molecule has 0 aliphatic heterocycles. The zero-order valence-electron chi connectivity index (χ0n) is 12.0. The van der Waals surface area contributed by atoms with E-state index < -0.39 is 0 Å². The van der Waals surface area contributed by atoms with Crippen molar-refractivity contribution in [3.8, 4) is 0 Å². The number of hydrogen-bond acceptors (Lipinski definition) is 2. The van der Waals surface area contributed by atoms with E-state index >= 15 is 0 Å². The summed E-state index contributed by atoms with van der Waals surface area (Å²) < 4.78 is 13.4. The van der Waals surface area contributed by atoms with Crippen molar-refractivity contribution in [3.05, 3.63) is 35.6 Å². The van der Waals surface area contributed by atoms with E-state index in [0.29, 0.717) is 25.1 Å². The van der Waals surface area contributed by atoms with Gasteiger partial charge in [-0.15, -0.1) is 0 Å². The monoisotopic (exact) mass is 280 g/mol. The Kier molecular flexibility index (Phi) is 6.70. The van der Waals surface area contributed by atoms with Crippen molar-refractivity contribution in [1.29, 1.82) is 0 Å². The molecule has 1 aromatic rings. The lowest BCUT2D eigenvalue weighted by Gasteiger charge is -2.19. The zero-order valence-corrected chi connectivity index (χ0v) is 12.0. The van der Waals surface area contributed by atoms with Gasteiger partial charge in [-0.2, -0.15) is 0 Å². The molecule has 0 bridgehead atoms. The van der Waals surface area contributed by atoms with Gasteiger partial charge in [0.15, 0.2) is 0 Å². The zero-order chi connectivity index (χ0) is 15.0. The maximum Gasteiger partial charge on any atom is 0.239 e. The lowest BCUT2D eigenvalue weighted by atomic mass is 10.1. The van der Waals surface area contributed by atoms with Gasteiger partial charge in [-0.3, -0.25) is 9.59 Å². The van der Waals surface area contributed by atoms with E-state index in [9.17, 15) is 14.0 Å². The minimum Gasteiger partial charge on any atom is -0.354 e. The average Bonchev–Trinajstić information content (AvgIpc) is 2.40. The van der Waals surface area contributed by atoms with Crippen molar-refractivity contribution in [3.63, 3.8) is 0 Å². The Hall–Kier alpha value is -1.91. The minimum absolute atomic E-state index is 0.0560. The van der Waals surface area contributed by atoms with Gasteiger partial charge in [0, 0.05) is 20.0 Å². The first-order valence-electron chi connectivity index (χ1n) is 6.80. The summed E-state index contributed by atoms with van der Waals surface area (Å²) in [4.78, 5) is 24.5. The summed E-state index contributed by atoms with van der Waals surface area (Å²) in [5.74, 6) is -0.598. The molecule has 0 radical (unpaired) electrons. The molecule has 0 aliphatic carbocycles. The molecule has 0 aliphatic rings. The van der Waals surface area contributed by atoms with Crippen LogP contribution < -0.4 is 5.32 Å². The number of rotatable bonds is 7. The molecule has 110 valence electrons. The van der Waals surface area contributed by atoms with E-state index in [4.69, 9.17) is 0 Å². The van der Waals surface area contributed by atoms with Crippen molar-refractivity contribution in [1.82, 2.24) is 10.2 Å².